The van der Waals surface area contributed by atoms with Gasteiger partial charge in [0.05, 0.1) is 6.42 Å². The molecule has 0 bridgehead atoms. The number of hydrogen-bond donors (Lipinski definition) is 1. The van der Waals surface area contributed by atoms with Crippen LogP contribution in [0, 0.1) is 0 Å². The van der Waals surface area contributed by atoms with Gasteiger partial charge in [0, 0.05) is 17.0 Å². The summed E-state index contributed by atoms with van der Waals surface area (Å²) in [5.41, 5.74) is 4.45. The predicted octanol–water partition coefficient (Wildman–Crippen LogP) is 3.76. The number of benzene rings is 2. The van der Waals surface area contributed by atoms with Crippen LogP contribution in [0.1, 0.15) is 45.0 Å². The van der Waals surface area contributed by atoms with Gasteiger partial charge in [0.15, 0.2) is 5.78 Å². The Morgan fingerprint density at radius 3 is 2.57 bits per heavy atom. The van der Waals surface area contributed by atoms with E-state index in [1.807, 2.05) is 42.5 Å². The number of carboxylic acid groups (broad SMARTS) is 1. The number of allylic oxidation sites excluding steroid dienone is 1. The summed E-state index contributed by atoms with van der Waals surface area (Å²) in [4.78, 5) is 23.7. The Bertz CT molecular complexity index is 789. The third-order valence-corrected chi connectivity index (χ3v) is 4.41. The smallest absolute Gasteiger partial charge is 0.304 e. The van der Waals surface area contributed by atoms with Gasteiger partial charge in [-0.15, -0.1) is 6.58 Å². The van der Waals surface area contributed by atoms with E-state index < -0.39 is 5.97 Å². The fraction of sp³-hybridized carbons (Fsp3) is 0.200. The van der Waals surface area contributed by atoms with Crippen LogP contribution >= 0.6 is 0 Å². The van der Waals surface area contributed by atoms with Crippen LogP contribution in [0.2, 0.25) is 0 Å². The Kier molecular flexibility index (Phi) is 4.11. The van der Waals surface area contributed by atoms with Crippen LogP contribution < -0.4 is 0 Å². The van der Waals surface area contributed by atoms with Crippen molar-refractivity contribution in [2.45, 2.75) is 25.2 Å². The number of ketones is 1. The van der Waals surface area contributed by atoms with Crippen molar-refractivity contribution in [1.29, 1.82) is 0 Å². The number of fused-ring (bicyclic) bond motifs is 2. The quantitative estimate of drug-likeness (QED) is 0.875. The molecule has 2 aromatic carbocycles. The minimum atomic E-state index is -0.853. The first-order chi connectivity index (χ1) is 11.1. The van der Waals surface area contributed by atoms with Crippen molar-refractivity contribution in [2.75, 3.05) is 0 Å². The van der Waals surface area contributed by atoms with Gasteiger partial charge in [-0.1, -0.05) is 48.5 Å². The summed E-state index contributed by atoms with van der Waals surface area (Å²) in [7, 11) is 0. The molecule has 3 heteroatoms. The van der Waals surface area contributed by atoms with Gasteiger partial charge in [-0.3, -0.25) is 9.59 Å². The van der Waals surface area contributed by atoms with Gasteiger partial charge >= 0.3 is 5.97 Å². The Balaban J connectivity index is 2.01. The molecule has 0 aliphatic heterocycles. The first-order valence-electron chi connectivity index (χ1n) is 7.70. The Labute approximate surface area is 135 Å². The predicted molar refractivity (Wildman–Crippen MR) is 88.9 cm³/mol. The summed E-state index contributed by atoms with van der Waals surface area (Å²) in [6.45, 7) is 3.74. The number of aliphatic carboxylic acids is 1. The lowest BCUT2D eigenvalue weighted by molar-refractivity contribution is -0.137. The molecule has 0 heterocycles. The van der Waals surface area contributed by atoms with E-state index in [0.717, 1.165) is 40.7 Å². The van der Waals surface area contributed by atoms with Crippen LogP contribution in [0.15, 0.2) is 55.1 Å². The van der Waals surface area contributed by atoms with E-state index in [0.29, 0.717) is 0 Å². The van der Waals surface area contributed by atoms with Gasteiger partial charge in [-0.05, 0) is 29.5 Å². The fourth-order valence-corrected chi connectivity index (χ4v) is 3.17. The SMILES string of the molecule is C=CC(CC(=O)O)c1ccc2c(c1)CCc1ccccc1C2=O. The zero-order chi connectivity index (χ0) is 16.4. The molecule has 2 aromatic rings. The molecule has 1 atom stereocenters. The van der Waals surface area contributed by atoms with Gasteiger partial charge in [0.1, 0.15) is 0 Å². The van der Waals surface area contributed by atoms with E-state index >= 15 is 0 Å². The van der Waals surface area contributed by atoms with Crippen LogP contribution in [0.5, 0.6) is 0 Å². The molecule has 0 aromatic heterocycles. The largest absolute Gasteiger partial charge is 0.481 e. The average molecular weight is 306 g/mol. The molecule has 0 radical (unpaired) electrons. The highest BCUT2D eigenvalue weighted by Crippen LogP contribution is 2.29. The maximum atomic E-state index is 12.7. The molecule has 0 fully saturated rings. The van der Waals surface area contributed by atoms with Gasteiger partial charge in [-0.25, -0.2) is 0 Å². The number of rotatable bonds is 4. The minimum absolute atomic E-state index is 0.0104. The maximum Gasteiger partial charge on any atom is 0.304 e. The fourth-order valence-electron chi connectivity index (χ4n) is 3.17. The van der Waals surface area contributed by atoms with E-state index in [-0.39, 0.29) is 18.1 Å². The summed E-state index contributed by atoms with van der Waals surface area (Å²) in [6.07, 6.45) is 3.26. The highest BCUT2D eigenvalue weighted by molar-refractivity contribution is 6.11. The Morgan fingerprint density at radius 2 is 1.83 bits per heavy atom. The lowest BCUT2D eigenvalue weighted by atomic mass is 9.90. The zero-order valence-corrected chi connectivity index (χ0v) is 12.8. The van der Waals surface area contributed by atoms with E-state index in [1.165, 1.54) is 0 Å². The first kappa shape index (κ1) is 15.2. The molecule has 1 N–H and O–H groups in total. The van der Waals surface area contributed by atoms with Crippen molar-refractivity contribution in [3.8, 4) is 0 Å². The number of carbonyl (C=O) groups is 2. The normalized spacial score (nSPS) is 14.3. The molecule has 0 spiro atoms. The van der Waals surface area contributed by atoms with Crippen LogP contribution in [-0.2, 0) is 17.6 Å². The Hall–Kier alpha value is -2.68. The van der Waals surface area contributed by atoms with Crippen molar-refractivity contribution in [2.24, 2.45) is 0 Å². The first-order valence-corrected chi connectivity index (χ1v) is 7.70. The minimum Gasteiger partial charge on any atom is -0.481 e. The average Bonchev–Trinajstić information content (AvgIpc) is 2.70. The van der Waals surface area contributed by atoms with Crippen LogP contribution in [0.25, 0.3) is 0 Å². The lowest BCUT2D eigenvalue weighted by Gasteiger charge is -2.13. The molecule has 0 saturated heterocycles. The second-order valence-corrected chi connectivity index (χ2v) is 5.84. The summed E-state index contributed by atoms with van der Waals surface area (Å²) in [5.74, 6) is -1.04. The third-order valence-electron chi connectivity index (χ3n) is 4.41. The van der Waals surface area contributed by atoms with E-state index in [2.05, 4.69) is 6.58 Å². The van der Waals surface area contributed by atoms with Gasteiger partial charge in [0.2, 0.25) is 0 Å². The standard InChI is InChI=1S/C20H18O3/c1-2-13(12-19(21)22)15-9-10-18-16(11-15)8-7-14-5-3-4-6-17(14)20(18)23/h2-6,9-11,13H,1,7-8,12H2,(H,21,22). The van der Waals surface area contributed by atoms with Crippen molar-refractivity contribution in [1.82, 2.24) is 0 Å². The van der Waals surface area contributed by atoms with Crippen molar-refractivity contribution in [3.63, 3.8) is 0 Å². The molecule has 0 saturated carbocycles. The molecule has 1 aliphatic rings. The highest BCUT2D eigenvalue weighted by atomic mass is 16.4. The van der Waals surface area contributed by atoms with Crippen molar-refractivity contribution < 1.29 is 14.7 Å². The molecule has 23 heavy (non-hydrogen) atoms. The topological polar surface area (TPSA) is 54.4 Å². The molecule has 1 unspecified atom stereocenters. The summed E-state index contributed by atoms with van der Waals surface area (Å²) in [6, 6.07) is 13.3. The van der Waals surface area contributed by atoms with Crippen LogP contribution in [-0.4, -0.2) is 16.9 Å². The second kappa shape index (κ2) is 6.21. The maximum absolute atomic E-state index is 12.7. The van der Waals surface area contributed by atoms with Crippen LogP contribution in [0.3, 0.4) is 0 Å². The molecule has 3 rings (SSSR count). The summed E-state index contributed by atoms with van der Waals surface area (Å²) in [5, 5.41) is 9.02. The number of aryl methyl sites for hydroxylation is 2. The third kappa shape index (κ3) is 2.95. The molecule has 1 aliphatic carbocycles. The van der Waals surface area contributed by atoms with E-state index in [1.54, 1.807) is 6.08 Å². The summed E-state index contributed by atoms with van der Waals surface area (Å²) >= 11 is 0. The van der Waals surface area contributed by atoms with E-state index in [9.17, 15) is 9.59 Å². The van der Waals surface area contributed by atoms with Gasteiger partial charge < -0.3 is 5.11 Å². The van der Waals surface area contributed by atoms with Crippen molar-refractivity contribution >= 4 is 11.8 Å². The lowest BCUT2D eigenvalue weighted by Crippen LogP contribution is -2.07. The highest BCUT2D eigenvalue weighted by Gasteiger charge is 2.22. The van der Waals surface area contributed by atoms with Crippen molar-refractivity contribution in [3.05, 3.63) is 82.9 Å². The summed E-state index contributed by atoms with van der Waals surface area (Å²) < 4.78 is 0. The van der Waals surface area contributed by atoms with Gasteiger partial charge in [-0.2, -0.15) is 0 Å². The molecule has 116 valence electrons. The number of carboxylic acids is 1. The number of hydrogen-bond acceptors (Lipinski definition) is 2. The van der Waals surface area contributed by atoms with E-state index in [4.69, 9.17) is 5.11 Å². The van der Waals surface area contributed by atoms with Crippen LogP contribution in [0.4, 0.5) is 0 Å². The zero-order valence-electron chi connectivity index (χ0n) is 12.8. The molecular weight excluding hydrogens is 288 g/mol. The van der Waals surface area contributed by atoms with Gasteiger partial charge in [0.25, 0.3) is 0 Å². The molecule has 0 amide bonds. The molecule has 3 nitrogen and oxygen atoms in total. The number of carbonyl (C=O) groups excluding carboxylic acids is 1. The second-order valence-electron chi connectivity index (χ2n) is 5.84. The monoisotopic (exact) mass is 306 g/mol. The molecular formula is C20H18O3. The Morgan fingerprint density at radius 1 is 1.13 bits per heavy atom.